The van der Waals surface area contributed by atoms with Crippen LogP contribution in [-0.4, -0.2) is 67.1 Å². The lowest BCUT2D eigenvalue weighted by molar-refractivity contribution is -0.154. The van der Waals surface area contributed by atoms with Crippen molar-refractivity contribution in [2.45, 2.75) is 18.3 Å². The third-order valence-corrected chi connectivity index (χ3v) is 3.60. The lowest BCUT2D eigenvalue weighted by Gasteiger charge is -2.14. The average molecular weight is 366 g/mol. The van der Waals surface area contributed by atoms with E-state index in [1.807, 2.05) is 0 Å². The second-order valence-corrected chi connectivity index (χ2v) is 5.30. The summed E-state index contributed by atoms with van der Waals surface area (Å²) in [4.78, 5) is 34.3. The van der Waals surface area contributed by atoms with Gasteiger partial charge in [-0.15, -0.1) is 0 Å². The van der Waals surface area contributed by atoms with Crippen LogP contribution < -0.4 is 9.47 Å². The van der Waals surface area contributed by atoms with Gasteiger partial charge in [-0.1, -0.05) is 0 Å². The number of hydrogen-bond donors (Lipinski definition) is 2. The number of carbonyl (C=O) groups excluding carboxylic acids is 3. The highest BCUT2D eigenvalue weighted by Crippen LogP contribution is 2.25. The van der Waals surface area contributed by atoms with Crippen LogP contribution in [-0.2, 0) is 23.9 Å². The molecule has 26 heavy (non-hydrogen) atoms. The molecule has 0 amide bonds. The molecule has 1 aromatic carbocycles. The number of aliphatic hydroxyl groups excluding tert-OH is 2. The molecule has 1 saturated heterocycles. The normalized spacial score (nSPS) is 20.8. The largest absolute Gasteiger partial charge is 0.497 e. The molecule has 0 aliphatic carbocycles. The zero-order chi connectivity index (χ0) is 19.3. The molecular formula is C17H18O9. The van der Waals surface area contributed by atoms with E-state index in [0.717, 1.165) is 6.08 Å². The minimum absolute atomic E-state index is 0.478. The molecule has 2 rings (SSSR count). The molecule has 9 heteroatoms. The molecule has 0 saturated carbocycles. The molecule has 1 aliphatic heterocycles. The third kappa shape index (κ3) is 4.38. The summed E-state index contributed by atoms with van der Waals surface area (Å²) >= 11 is 0. The quantitative estimate of drug-likeness (QED) is 0.372. The van der Waals surface area contributed by atoms with Gasteiger partial charge in [0.1, 0.15) is 24.2 Å². The summed E-state index contributed by atoms with van der Waals surface area (Å²) in [5.41, 5.74) is 0.592. The fraction of sp³-hybridized carbons (Fsp3) is 0.353. The van der Waals surface area contributed by atoms with Gasteiger partial charge < -0.3 is 29.2 Å². The number of esters is 2. The predicted molar refractivity (Wildman–Crippen MR) is 86.4 cm³/mol. The Bertz CT molecular complexity index is 725. The van der Waals surface area contributed by atoms with Crippen LogP contribution in [0.2, 0.25) is 0 Å². The van der Waals surface area contributed by atoms with Crippen molar-refractivity contribution in [1.82, 2.24) is 0 Å². The first kappa shape index (κ1) is 19.4. The Morgan fingerprint density at radius 3 is 2.62 bits per heavy atom. The van der Waals surface area contributed by atoms with Gasteiger partial charge in [-0.3, -0.25) is 4.79 Å². The van der Waals surface area contributed by atoms with Crippen LogP contribution in [0.25, 0.3) is 6.08 Å². The first-order valence-electron chi connectivity index (χ1n) is 7.54. The van der Waals surface area contributed by atoms with Crippen molar-refractivity contribution in [3.8, 4) is 11.5 Å². The van der Waals surface area contributed by atoms with E-state index in [9.17, 15) is 24.6 Å². The fourth-order valence-corrected chi connectivity index (χ4v) is 2.20. The number of rotatable bonds is 7. The van der Waals surface area contributed by atoms with Crippen molar-refractivity contribution < 1.29 is 43.5 Å². The molecule has 0 aromatic heterocycles. The van der Waals surface area contributed by atoms with Gasteiger partial charge in [0.2, 0.25) is 11.9 Å². The maximum Gasteiger partial charge on any atom is 0.343 e. The minimum atomic E-state index is -1.92. The van der Waals surface area contributed by atoms with Gasteiger partial charge in [-0.2, -0.15) is 0 Å². The van der Waals surface area contributed by atoms with Crippen molar-refractivity contribution in [3.63, 3.8) is 0 Å². The molecule has 140 valence electrons. The zero-order valence-electron chi connectivity index (χ0n) is 14.1. The second-order valence-electron chi connectivity index (χ2n) is 5.30. The molecule has 0 bridgehead atoms. The molecule has 1 aliphatic rings. The van der Waals surface area contributed by atoms with Crippen LogP contribution in [0.15, 0.2) is 24.3 Å². The number of ether oxygens (including phenoxy) is 4. The Labute approximate surface area is 148 Å². The second kappa shape index (κ2) is 8.45. The van der Waals surface area contributed by atoms with E-state index in [0.29, 0.717) is 17.1 Å². The summed E-state index contributed by atoms with van der Waals surface area (Å²) in [6.45, 7) is -0.584. The number of cyclic esters (lactones) is 1. The minimum Gasteiger partial charge on any atom is -0.497 e. The van der Waals surface area contributed by atoms with Crippen molar-refractivity contribution >= 4 is 23.8 Å². The summed E-state index contributed by atoms with van der Waals surface area (Å²) in [5.74, 6) is -1.85. The molecule has 3 unspecified atom stereocenters. The molecule has 0 radical (unpaired) electrons. The van der Waals surface area contributed by atoms with Crippen LogP contribution in [0.5, 0.6) is 11.5 Å². The van der Waals surface area contributed by atoms with Gasteiger partial charge in [0.05, 0.1) is 14.2 Å². The number of hydrogen-bond acceptors (Lipinski definition) is 9. The lowest BCUT2D eigenvalue weighted by atomic mass is 10.1. The van der Waals surface area contributed by atoms with Crippen LogP contribution in [0.4, 0.5) is 0 Å². The molecule has 0 spiro atoms. The predicted octanol–water partition coefficient (Wildman–Crippen LogP) is -0.524. The number of methoxy groups -OCH3 is 2. The summed E-state index contributed by atoms with van der Waals surface area (Å²) in [7, 11) is 2.98. The molecule has 1 heterocycles. The first-order valence-corrected chi connectivity index (χ1v) is 7.54. The van der Waals surface area contributed by atoms with Crippen molar-refractivity contribution in [2.75, 3.05) is 20.8 Å². The van der Waals surface area contributed by atoms with Crippen LogP contribution in [0.3, 0.4) is 0 Å². The van der Waals surface area contributed by atoms with Gasteiger partial charge in [0.25, 0.3) is 0 Å². The van der Waals surface area contributed by atoms with Gasteiger partial charge in [0, 0.05) is 17.7 Å². The van der Waals surface area contributed by atoms with Gasteiger partial charge >= 0.3 is 11.9 Å². The Kier molecular flexibility index (Phi) is 6.31. The van der Waals surface area contributed by atoms with Gasteiger partial charge in [0.15, 0.2) is 6.10 Å². The van der Waals surface area contributed by atoms with Crippen molar-refractivity contribution in [1.29, 1.82) is 0 Å². The Hall–Kier alpha value is -2.91. The topological polar surface area (TPSA) is 129 Å². The summed E-state index contributed by atoms with van der Waals surface area (Å²) in [6, 6.07) is 5.00. The monoisotopic (exact) mass is 366 g/mol. The number of benzene rings is 1. The molecule has 3 atom stereocenters. The Balaban J connectivity index is 1.92. The summed E-state index contributed by atoms with van der Waals surface area (Å²) in [5, 5.41) is 19.0. The van der Waals surface area contributed by atoms with E-state index in [-0.39, 0.29) is 0 Å². The number of Topliss-reactive ketones (excluding diaryl/α,β-unsaturated/α-hetero) is 1. The maximum atomic E-state index is 11.7. The fourth-order valence-electron chi connectivity index (χ4n) is 2.20. The van der Waals surface area contributed by atoms with Crippen molar-refractivity contribution in [2.24, 2.45) is 0 Å². The number of carbonyl (C=O) groups is 3. The van der Waals surface area contributed by atoms with E-state index >= 15 is 0 Å². The van der Waals surface area contributed by atoms with E-state index in [2.05, 4.69) is 4.74 Å². The Morgan fingerprint density at radius 2 is 2.04 bits per heavy atom. The smallest absolute Gasteiger partial charge is 0.343 e. The van der Waals surface area contributed by atoms with Crippen LogP contribution >= 0.6 is 0 Å². The van der Waals surface area contributed by atoms with Crippen LogP contribution in [0.1, 0.15) is 5.56 Å². The maximum absolute atomic E-state index is 11.7. The van der Waals surface area contributed by atoms with Gasteiger partial charge in [-0.05, 0) is 18.2 Å². The van der Waals surface area contributed by atoms with Crippen molar-refractivity contribution in [3.05, 3.63) is 29.8 Å². The average Bonchev–Trinajstić information content (AvgIpc) is 2.91. The van der Waals surface area contributed by atoms with Crippen LogP contribution in [0, 0.1) is 0 Å². The zero-order valence-corrected chi connectivity index (χ0v) is 14.1. The Morgan fingerprint density at radius 1 is 1.31 bits per heavy atom. The highest BCUT2D eigenvalue weighted by atomic mass is 16.6. The standard InChI is InChI=1S/C17H18O9/c1-23-10-5-3-9(12(7-10)24-2)4-6-13(19)25-8-11(18)16-14(20)15(21)17(22)26-16/h3-7,11,15-16,18,21H,8H2,1-2H3. The molecule has 1 fully saturated rings. The number of aliphatic hydroxyl groups is 2. The SMILES string of the molecule is COc1ccc(C=CC(=O)OCC(O)C2OC(=O)C(O)C2=O)c(OC)c1. The first-order chi connectivity index (χ1) is 12.4. The van der Waals surface area contributed by atoms with E-state index in [1.54, 1.807) is 18.2 Å². The van der Waals surface area contributed by atoms with Gasteiger partial charge in [-0.25, -0.2) is 9.59 Å². The summed E-state index contributed by atoms with van der Waals surface area (Å²) in [6.07, 6.45) is -2.51. The third-order valence-electron chi connectivity index (χ3n) is 3.60. The highest BCUT2D eigenvalue weighted by Gasteiger charge is 2.46. The van der Waals surface area contributed by atoms with E-state index in [1.165, 1.54) is 20.3 Å². The lowest BCUT2D eigenvalue weighted by Crippen LogP contribution is -2.37. The molecular weight excluding hydrogens is 348 g/mol. The van der Waals surface area contributed by atoms with E-state index in [4.69, 9.17) is 14.2 Å². The molecule has 2 N–H and O–H groups in total. The number of ketones is 1. The molecule has 9 nitrogen and oxygen atoms in total. The van der Waals surface area contributed by atoms with E-state index < -0.39 is 42.6 Å². The molecule has 1 aromatic rings. The highest BCUT2D eigenvalue weighted by molar-refractivity contribution is 6.09. The summed E-state index contributed by atoms with van der Waals surface area (Å²) < 4.78 is 19.6.